The van der Waals surface area contributed by atoms with E-state index in [2.05, 4.69) is 9.97 Å². The zero-order valence-corrected chi connectivity index (χ0v) is 13.7. The molecule has 0 atom stereocenters. The standard InChI is InChI=1S/C14H13N3O4S2/c18-10-2-1-4-17(10)11(19)6-21-12(20)7-23-14-9-3-5-22-13(9)15-8-16-14/h3,5,8H,1-2,4,6-7H2. The van der Waals surface area contributed by atoms with E-state index < -0.39 is 18.5 Å². The van der Waals surface area contributed by atoms with Gasteiger partial charge in [0.15, 0.2) is 6.61 Å². The van der Waals surface area contributed by atoms with Gasteiger partial charge in [-0.2, -0.15) is 0 Å². The fourth-order valence-electron chi connectivity index (χ4n) is 2.18. The molecule has 0 saturated carbocycles. The smallest absolute Gasteiger partial charge is 0.316 e. The predicted molar refractivity (Wildman–Crippen MR) is 85.1 cm³/mol. The van der Waals surface area contributed by atoms with Gasteiger partial charge in [-0.05, 0) is 17.9 Å². The molecular formula is C14H13N3O4S2. The molecule has 7 nitrogen and oxygen atoms in total. The lowest BCUT2D eigenvalue weighted by Gasteiger charge is -2.13. The van der Waals surface area contributed by atoms with Crippen LogP contribution in [0.2, 0.25) is 0 Å². The minimum Gasteiger partial charge on any atom is -0.455 e. The van der Waals surface area contributed by atoms with Gasteiger partial charge in [0, 0.05) is 18.4 Å². The van der Waals surface area contributed by atoms with Gasteiger partial charge in [-0.1, -0.05) is 11.8 Å². The number of esters is 1. The van der Waals surface area contributed by atoms with E-state index in [9.17, 15) is 14.4 Å². The summed E-state index contributed by atoms with van der Waals surface area (Å²) in [6.07, 6.45) is 2.49. The molecule has 0 N–H and O–H groups in total. The van der Waals surface area contributed by atoms with Crippen LogP contribution in [-0.4, -0.2) is 51.6 Å². The van der Waals surface area contributed by atoms with Crippen molar-refractivity contribution in [1.82, 2.24) is 14.9 Å². The summed E-state index contributed by atoms with van der Waals surface area (Å²) < 4.78 is 4.94. The Hall–Kier alpha value is -2.00. The highest BCUT2D eigenvalue weighted by Crippen LogP contribution is 2.27. The summed E-state index contributed by atoms with van der Waals surface area (Å²) in [7, 11) is 0. The van der Waals surface area contributed by atoms with E-state index in [0.29, 0.717) is 24.4 Å². The number of imide groups is 1. The lowest BCUT2D eigenvalue weighted by atomic mass is 10.4. The molecule has 23 heavy (non-hydrogen) atoms. The number of likely N-dealkylation sites (tertiary alicyclic amines) is 1. The van der Waals surface area contributed by atoms with E-state index in [1.54, 1.807) is 0 Å². The predicted octanol–water partition coefficient (Wildman–Crippen LogP) is 1.48. The number of nitrogens with zero attached hydrogens (tertiary/aromatic N) is 3. The molecule has 0 aromatic carbocycles. The average Bonchev–Trinajstić information content (AvgIpc) is 3.19. The van der Waals surface area contributed by atoms with Gasteiger partial charge in [0.1, 0.15) is 16.2 Å². The zero-order chi connectivity index (χ0) is 16.2. The van der Waals surface area contributed by atoms with Gasteiger partial charge in [0.05, 0.1) is 5.75 Å². The second-order valence-electron chi connectivity index (χ2n) is 4.81. The maximum absolute atomic E-state index is 11.8. The van der Waals surface area contributed by atoms with Crippen LogP contribution in [0, 0.1) is 0 Å². The first-order valence-electron chi connectivity index (χ1n) is 6.95. The molecule has 0 unspecified atom stereocenters. The second-order valence-corrected chi connectivity index (χ2v) is 6.67. The highest BCUT2D eigenvalue weighted by Gasteiger charge is 2.26. The van der Waals surface area contributed by atoms with E-state index in [1.165, 1.54) is 29.4 Å². The van der Waals surface area contributed by atoms with E-state index >= 15 is 0 Å². The van der Waals surface area contributed by atoms with Crippen LogP contribution in [0.1, 0.15) is 12.8 Å². The molecule has 0 radical (unpaired) electrons. The Morgan fingerprint density at radius 3 is 3.04 bits per heavy atom. The van der Waals surface area contributed by atoms with Crippen molar-refractivity contribution in [3.8, 4) is 0 Å². The molecule has 0 spiro atoms. The number of rotatable bonds is 5. The van der Waals surface area contributed by atoms with E-state index in [1.807, 2.05) is 11.4 Å². The SMILES string of the molecule is O=C(CSc1ncnc2sccc12)OCC(=O)N1CCCC1=O. The van der Waals surface area contributed by atoms with Gasteiger partial charge < -0.3 is 4.74 Å². The minimum absolute atomic E-state index is 0.0448. The molecule has 1 aliphatic heterocycles. The fraction of sp³-hybridized carbons (Fsp3) is 0.357. The zero-order valence-electron chi connectivity index (χ0n) is 12.1. The summed E-state index contributed by atoms with van der Waals surface area (Å²) in [4.78, 5) is 45.2. The summed E-state index contributed by atoms with van der Waals surface area (Å²) in [5, 5.41) is 3.51. The number of ether oxygens (including phenoxy) is 1. The normalized spacial score (nSPS) is 14.4. The quantitative estimate of drug-likeness (QED) is 0.458. The van der Waals surface area contributed by atoms with Crippen molar-refractivity contribution in [2.75, 3.05) is 18.9 Å². The highest BCUT2D eigenvalue weighted by atomic mass is 32.2. The summed E-state index contributed by atoms with van der Waals surface area (Å²) in [6, 6.07) is 1.90. The van der Waals surface area contributed by atoms with Crippen LogP contribution in [0.5, 0.6) is 0 Å². The topological polar surface area (TPSA) is 89.5 Å². The van der Waals surface area contributed by atoms with Gasteiger partial charge in [0.2, 0.25) is 5.91 Å². The number of thiophene rings is 1. The number of hydrogen-bond acceptors (Lipinski definition) is 8. The van der Waals surface area contributed by atoms with Crippen LogP contribution in [0.3, 0.4) is 0 Å². The molecule has 1 saturated heterocycles. The van der Waals surface area contributed by atoms with Gasteiger partial charge in [-0.3, -0.25) is 19.3 Å². The van der Waals surface area contributed by atoms with Crippen molar-refractivity contribution in [3.05, 3.63) is 17.8 Å². The molecule has 0 bridgehead atoms. The van der Waals surface area contributed by atoms with Crippen molar-refractivity contribution in [2.24, 2.45) is 0 Å². The van der Waals surface area contributed by atoms with Gasteiger partial charge >= 0.3 is 5.97 Å². The van der Waals surface area contributed by atoms with Crippen molar-refractivity contribution >= 4 is 51.1 Å². The van der Waals surface area contributed by atoms with E-state index in [0.717, 1.165) is 15.1 Å². The summed E-state index contributed by atoms with van der Waals surface area (Å²) in [6.45, 7) is 0.00378. The number of amides is 2. The summed E-state index contributed by atoms with van der Waals surface area (Å²) in [5.41, 5.74) is 0. The lowest BCUT2D eigenvalue weighted by molar-refractivity contribution is -0.153. The Morgan fingerprint density at radius 2 is 2.26 bits per heavy atom. The Labute approximate surface area is 140 Å². The van der Waals surface area contributed by atoms with Gasteiger partial charge in [-0.15, -0.1) is 11.3 Å². The Morgan fingerprint density at radius 1 is 1.39 bits per heavy atom. The van der Waals surface area contributed by atoms with Gasteiger partial charge in [-0.25, -0.2) is 9.97 Å². The third-order valence-corrected chi connectivity index (χ3v) is 5.08. The maximum Gasteiger partial charge on any atom is 0.316 e. The number of hydrogen-bond donors (Lipinski definition) is 0. The monoisotopic (exact) mass is 351 g/mol. The van der Waals surface area contributed by atoms with Crippen molar-refractivity contribution in [1.29, 1.82) is 0 Å². The van der Waals surface area contributed by atoms with E-state index in [-0.39, 0.29) is 11.7 Å². The molecule has 2 aromatic rings. The molecule has 2 aromatic heterocycles. The first-order valence-corrected chi connectivity index (χ1v) is 8.81. The number of thioether (sulfide) groups is 1. The molecule has 1 aliphatic rings. The van der Waals surface area contributed by atoms with Crippen molar-refractivity contribution in [3.63, 3.8) is 0 Å². The minimum atomic E-state index is -0.517. The number of carbonyl (C=O) groups excluding carboxylic acids is 3. The Balaban J connectivity index is 1.49. The molecule has 120 valence electrons. The highest BCUT2D eigenvalue weighted by molar-refractivity contribution is 8.00. The summed E-state index contributed by atoms with van der Waals surface area (Å²) >= 11 is 2.74. The number of fused-ring (bicyclic) bond motifs is 1. The molecule has 2 amide bonds. The first kappa shape index (κ1) is 15.9. The second kappa shape index (κ2) is 7.05. The Kier molecular flexibility index (Phi) is 4.87. The van der Waals surface area contributed by atoms with Crippen LogP contribution >= 0.6 is 23.1 Å². The molecule has 9 heteroatoms. The Bertz CT molecular complexity index is 761. The third-order valence-electron chi connectivity index (χ3n) is 3.28. The first-order chi connectivity index (χ1) is 11.1. The fourth-order valence-corrected chi connectivity index (χ4v) is 3.76. The number of aromatic nitrogens is 2. The molecule has 3 heterocycles. The van der Waals surface area contributed by atoms with Crippen LogP contribution in [0.15, 0.2) is 22.8 Å². The van der Waals surface area contributed by atoms with Crippen LogP contribution in [0.4, 0.5) is 0 Å². The van der Waals surface area contributed by atoms with Crippen LogP contribution in [-0.2, 0) is 19.1 Å². The van der Waals surface area contributed by atoms with E-state index in [4.69, 9.17) is 4.74 Å². The molecule has 1 fully saturated rings. The lowest BCUT2D eigenvalue weighted by Crippen LogP contribution is -2.35. The largest absolute Gasteiger partial charge is 0.455 e. The molecule has 3 rings (SSSR count). The number of carbonyl (C=O) groups is 3. The average molecular weight is 351 g/mol. The summed E-state index contributed by atoms with van der Waals surface area (Å²) in [5.74, 6) is -1.14. The molecular weight excluding hydrogens is 338 g/mol. The van der Waals surface area contributed by atoms with Crippen molar-refractivity contribution < 1.29 is 19.1 Å². The maximum atomic E-state index is 11.8. The van der Waals surface area contributed by atoms with Crippen molar-refractivity contribution in [2.45, 2.75) is 17.9 Å². The third kappa shape index (κ3) is 3.67. The molecule has 0 aliphatic carbocycles. The van der Waals surface area contributed by atoms with Gasteiger partial charge in [0.25, 0.3) is 5.91 Å². The van der Waals surface area contributed by atoms with Crippen LogP contribution in [0.25, 0.3) is 10.2 Å². The van der Waals surface area contributed by atoms with Crippen LogP contribution < -0.4 is 0 Å².